The fourth-order valence-electron chi connectivity index (χ4n) is 3.59. The lowest BCUT2D eigenvalue weighted by Crippen LogP contribution is -2.33. The highest BCUT2D eigenvalue weighted by Crippen LogP contribution is 2.31. The quantitative estimate of drug-likeness (QED) is 0.393. The molecule has 9 nitrogen and oxygen atoms in total. The number of nitrogens with one attached hydrogen (secondary N) is 1. The molecule has 190 valence electrons. The number of methoxy groups -OCH3 is 2. The highest BCUT2D eigenvalue weighted by atomic mass is 16.5. The predicted molar refractivity (Wildman–Crippen MR) is 135 cm³/mol. The summed E-state index contributed by atoms with van der Waals surface area (Å²) in [6.45, 7) is 5.61. The zero-order valence-corrected chi connectivity index (χ0v) is 21.2. The molecule has 0 saturated heterocycles. The minimum atomic E-state index is -0.660. The van der Waals surface area contributed by atoms with Crippen LogP contribution in [0.2, 0.25) is 0 Å². The standard InChI is InChI=1S/C27H31N3O6/c1-18-16-23(27(3,17-36-19(2)31)14-15-35-20-10-7-6-8-11-20)29-30-25(18)28-26(32)24-21(33-4)12-9-13-22(24)34-5/h6-13,16H,14-15,17H2,1-5H3,(H,28,30,32). The Kier molecular flexibility index (Phi) is 8.83. The molecular weight excluding hydrogens is 462 g/mol. The molecule has 0 radical (unpaired) electrons. The van der Waals surface area contributed by atoms with Crippen LogP contribution in [0.15, 0.2) is 54.6 Å². The smallest absolute Gasteiger partial charge is 0.302 e. The van der Waals surface area contributed by atoms with Crippen molar-refractivity contribution in [3.8, 4) is 17.2 Å². The Morgan fingerprint density at radius 2 is 1.64 bits per heavy atom. The number of benzene rings is 2. The van der Waals surface area contributed by atoms with Crippen molar-refractivity contribution in [2.24, 2.45) is 0 Å². The van der Waals surface area contributed by atoms with Gasteiger partial charge in [0.1, 0.15) is 29.4 Å². The number of aryl methyl sites for hydroxylation is 1. The molecule has 1 atom stereocenters. The molecule has 3 rings (SSSR count). The van der Waals surface area contributed by atoms with Crippen LogP contribution in [0.5, 0.6) is 17.2 Å². The number of carbonyl (C=O) groups excluding carboxylic acids is 2. The molecule has 0 aliphatic rings. The molecule has 1 amide bonds. The monoisotopic (exact) mass is 493 g/mol. The molecule has 0 saturated carbocycles. The van der Waals surface area contributed by atoms with Crippen molar-refractivity contribution in [3.05, 3.63) is 71.4 Å². The van der Waals surface area contributed by atoms with Gasteiger partial charge in [-0.3, -0.25) is 9.59 Å². The van der Waals surface area contributed by atoms with Gasteiger partial charge in [-0.05, 0) is 49.2 Å². The van der Waals surface area contributed by atoms with Crippen molar-refractivity contribution < 1.29 is 28.5 Å². The molecule has 0 aliphatic heterocycles. The van der Waals surface area contributed by atoms with Crippen molar-refractivity contribution in [2.75, 3.05) is 32.8 Å². The highest BCUT2D eigenvalue weighted by Gasteiger charge is 2.31. The molecule has 0 bridgehead atoms. The molecule has 36 heavy (non-hydrogen) atoms. The lowest BCUT2D eigenvalue weighted by molar-refractivity contribution is -0.143. The molecule has 9 heteroatoms. The molecule has 2 aromatic carbocycles. The molecular formula is C27H31N3O6. The van der Waals surface area contributed by atoms with Crippen molar-refractivity contribution in [3.63, 3.8) is 0 Å². The van der Waals surface area contributed by atoms with Gasteiger partial charge in [-0.25, -0.2) is 0 Å². The van der Waals surface area contributed by atoms with Gasteiger partial charge >= 0.3 is 5.97 Å². The van der Waals surface area contributed by atoms with E-state index >= 15 is 0 Å². The summed E-state index contributed by atoms with van der Waals surface area (Å²) in [6, 6.07) is 16.4. The zero-order valence-electron chi connectivity index (χ0n) is 21.2. The van der Waals surface area contributed by atoms with Crippen LogP contribution in [0.1, 0.15) is 41.9 Å². The number of aromatic nitrogens is 2. The Hall–Kier alpha value is -4.14. The number of carbonyl (C=O) groups is 2. The van der Waals surface area contributed by atoms with Gasteiger partial charge in [-0.15, -0.1) is 5.10 Å². The third-order valence-corrected chi connectivity index (χ3v) is 5.75. The number of rotatable bonds is 11. The van der Waals surface area contributed by atoms with Gasteiger partial charge in [0.15, 0.2) is 5.82 Å². The molecule has 3 aromatic rings. The second-order valence-corrected chi connectivity index (χ2v) is 8.51. The Morgan fingerprint density at radius 3 is 2.22 bits per heavy atom. The second-order valence-electron chi connectivity index (χ2n) is 8.51. The van der Waals surface area contributed by atoms with E-state index in [4.69, 9.17) is 18.9 Å². The Labute approximate surface area is 210 Å². The van der Waals surface area contributed by atoms with Gasteiger partial charge in [0.2, 0.25) is 0 Å². The Balaban J connectivity index is 1.81. The SMILES string of the molecule is COc1cccc(OC)c1C(=O)Nc1nnc(C(C)(CCOc2ccccc2)COC(C)=O)cc1C. The maximum absolute atomic E-state index is 13.0. The fourth-order valence-corrected chi connectivity index (χ4v) is 3.59. The first-order valence-electron chi connectivity index (χ1n) is 11.5. The number of anilines is 1. The number of para-hydroxylation sites is 1. The van der Waals surface area contributed by atoms with Gasteiger partial charge in [-0.2, -0.15) is 5.10 Å². The van der Waals surface area contributed by atoms with E-state index < -0.39 is 11.3 Å². The van der Waals surface area contributed by atoms with E-state index in [0.717, 1.165) is 5.75 Å². The van der Waals surface area contributed by atoms with E-state index in [0.29, 0.717) is 41.6 Å². The summed E-state index contributed by atoms with van der Waals surface area (Å²) < 4.78 is 21.9. The van der Waals surface area contributed by atoms with Crippen molar-refractivity contribution in [1.29, 1.82) is 0 Å². The van der Waals surface area contributed by atoms with E-state index in [2.05, 4.69) is 15.5 Å². The van der Waals surface area contributed by atoms with Crippen LogP contribution in [0.4, 0.5) is 5.82 Å². The van der Waals surface area contributed by atoms with Crippen LogP contribution in [0, 0.1) is 6.92 Å². The zero-order chi connectivity index (χ0) is 26.1. The molecule has 1 aromatic heterocycles. The number of hydrogen-bond acceptors (Lipinski definition) is 8. The average molecular weight is 494 g/mol. The third-order valence-electron chi connectivity index (χ3n) is 5.75. The number of amides is 1. The van der Waals surface area contributed by atoms with Gasteiger partial charge < -0.3 is 24.3 Å². The van der Waals surface area contributed by atoms with Crippen LogP contribution in [-0.2, 0) is 14.9 Å². The lowest BCUT2D eigenvalue weighted by Gasteiger charge is -2.28. The van der Waals surface area contributed by atoms with E-state index in [1.165, 1.54) is 21.1 Å². The Morgan fingerprint density at radius 1 is 0.972 bits per heavy atom. The van der Waals surface area contributed by atoms with Crippen LogP contribution >= 0.6 is 0 Å². The molecule has 1 N–H and O–H groups in total. The summed E-state index contributed by atoms with van der Waals surface area (Å²) in [5, 5.41) is 11.4. The molecule has 1 heterocycles. The summed E-state index contributed by atoms with van der Waals surface area (Å²) in [7, 11) is 2.97. The van der Waals surface area contributed by atoms with E-state index in [1.54, 1.807) is 18.2 Å². The third kappa shape index (κ3) is 6.50. The molecule has 1 unspecified atom stereocenters. The maximum Gasteiger partial charge on any atom is 0.302 e. The normalized spacial score (nSPS) is 12.2. The van der Waals surface area contributed by atoms with Gasteiger partial charge in [0.25, 0.3) is 5.91 Å². The summed E-state index contributed by atoms with van der Waals surface area (Å²) in [5.41, 5.74) is 0.906. The largest absolute Gasteiger partial charge is 0.496 e. The van der Waals surface area contributed by atoms with Crippen molar-refractivity contribution in [2.45, 2.75) is 32.6 Å². The molecule has 0 aliphatic carbocycles. The topological polar surface area (TPSA) is 109 Å². The number of hydrogen-bond donors (Lipinski definition) is 1. The fraction of sp³-hybridized carbons (Fsp3) is 0.333. The highest BCUT2D eigenvalue weighted by molar-refractivity contribution is 6.08. The van der Waals surface area contributed by atoms with E-state index in [-0.39, 0.29) is 18.1 Å². The first-order chi connectivity index (χ1) is 17.3. The lowest BCUT2D eigenvalue weighted by atomic mass is 9.83. The summed E-state index contributed by atoms with van der Waals surface area (Å²) in [4.78, 5) is 24.6. The van der Waals surface area contributed by atoms with Crippen LogP contribution < -0.4 is 19.5 Å². The average Bonchev–Trinajstić information content (AvgIpc) is 2.88. The minimum Gasteiger partial charge on any atom is -0.496 e. The van der Waals surface area contributed by atoms with E-state index in [1.807, 2.05) is 50.2 Å². The second kappa shape index (κ2) is 12.0. The van der Waals surface area contributed by atoms with Crippen molar-refractivity contribution >= 4 is 17.7 Å². The van der Waals surface area contributed by atoms with Gasteiger partial charge in [0.05, 0.1) is 26.5 Å². The predicted octanol–water partition coefficient (Wildman–Crippen LogP) is 4.34. The molecule has 0 fully saturated rings. The van der Waals surface area contributed by atoms with Crippen LogP contribution in [-0.4, -0.2) is 49.5 Å². The number of esters is 1. The summed E-state index contributed by atoms with van der Waals surface area (Å²) >= 11 is 0. The van der Waals surface area contributed by atoms with Gasteiger partial charge in [0, 0.05) is 12.3 Å². The van der Waals surface area contributed by atoms with Crippen molar-refractivity contribution in [1.82, 2.24) is 10.2 Å². The summed E-state index contributed by atoms with van der Waals surface area (Å²) in [5.74, 6) is 0.979. The first-order valence-corrected chi connectivity index (χ1v) is 11.5. The first kappa shape index (κ1) is 26.5. The maximum atomic E-state index is 13.0. The summed E-state index contributed by atoms with van der Waals surface area (Å²) in [6.07, 6.45) is 0.521. The number of nitrogens with zero attached hydrogens (tertiary/aromatic N) is 2. The van der Waals surface area contributed by atoms with Crippen LogP contribution in [0.3, 0.4) is 0 Å². The number of ether oxygens (including phenoxy) is 4. The minimum absolute atomic E-state index is 0.110. The van der Waals surface area contributed by atoms with Gasteiger partial charge in [-0.1, -0.05) is 31.2 Å². The van der Waals surface area contributed by atoms with Crippen LogP contribution in [0.25, 0.3) is 0 Å². The van der Waals surface area contributed by atoms with E-state index in [9.17, 15) is 9.59 Å². The molecule has 0 spiro atoms. The Bertz CT molecular complexity index is 1180.